The Morgan fingerprint density at radius 3 is 2.25 bits per heavy atom. The molecule has 1 rings (SSSR count). The Balaban J connectivity index is 2.19. The van der Waals surface area contributed by atoms with E-state index >= 15 is 0 Å². The fraction of sp³-hybridized carbons (Fsp3) is 0.833. The number of aliphatic hydroxyl groups excluding tert-OH is 1. The van der Waals surface area contributed by atoms with Gasteiger partial charge in [0, 0.05) is 6.04 Å². The Kier molecular flexibility index (Phi) is 1.86. The molecule has 0 spiro atoms. The summed E-state index contributed by atoms with van der Waals surface area (Å²) in [4.78, 5) is 0. The minimum Gasteiger partial charge on any atom is -0.387 e. The summed E-state index contributed by atoms with van der Waals surface area (Å²) < 4.78 is 0. The minimum absolute atomic E-state index is 0.339. The van der Waals surface area contributed by atoms with E-state index in [0.29, 0.717) is 12.1 Å². The molecule has 0 bridgehead atoms. The smallest absolute Gasteiger partial charge is 0.0934 e. The molecule has 1 fully saturated rings. The van der Waals surface area contributed by atoms with Crippen LogP contribution in [0.4, 0.5) is 0 Å². The van der Waals surface area contributed by atoms with Gasteiger partial charge < -0.3 is 10.8 Å². The molecule has 47 valence electrons. The molecule has 0 aliphatic heterocycles. The highest BCUT2D eigenvalue weighted by Crippen LogP contribution is 2.21. The number of rotatable bonds is 0. The van der Waals surface area contributed by atoms with Crippen LogP contribution in [-0.2, 0) is 0 Å². The standard InChI is InChI=1S/C6H12NO/c7-5-1-3-6(8)4-2-5/h5,8H,1-4,7H2. The second-order valence-electron chi connectivity index (χ2n) is 2.40. The molecule has 1 saturated carbocycles. The van der Waals surface area contributed by atoms with Gasteiger partial charge in [-0.2, -0.15) is 0 Å². The van der Waals surface area contributed by atoms with Crippen LogP contribution in [0.15, 0.2) is 0 Å². The van der Waals surface area contributed by atoms with Gasteiger partial charge in [0.05, 0.1) is 6.10 Å². The van der Waals surface area contributed by atoms with Gasteiger partial charge in [0.15, 0.2) is 0 Å². The van der Waals surface area contributed by atoms with Gasteiger partial charge in [-0.05, 0) is 25.7 Å². The van der Waals surface area contributed by atoms with Crippen LogP contribution < -0.4 is 5.73 Å². The van der Waals surface area contributed by atoms with Gasteiger partial charge in [-0.25, -0.2) is 0 Å². The summed E-state index contributed by atoms with van der Waals surface area (Å²) in [6.07, 6.45) is 4.20. The molecule has 0 amide bonds. The van der Waals surface area contributed by atoms with Crippen molar-refractivity contribution in [1.82, 2.24) is 0 Å². The normalized spacial score (nSPS) is 26.2. The second-order valence-corrected chi connectivity index (χ2v) is 2.40. The molecule has 0 aromatic rings. The Labute approximate surface area is 49.7 Å². The summed E-state index contributed by atoms with van der Waals surface area (Å²) in [5, 5.41) is 8.89. The second kappa shape index (κ2) is 2.46. The van der Waals surface area contributed by atoms with Gasteiger partial charge in [0.2, 0.25) is 0 Å². The van der Waals surface area contributed by atoms with Crippen molar-refractivity contribution >= 4 is 0 Å². The molecular weight excluding hydrogens is 102 g/mol. The molecule has 1 aliphatic rings. The van der Waals surface area contributed by atoms with Crippen molar-refractivity contribution in [3.05, 3.63) is 6.10 Å². The van der Waals surface area contributed by atoms with E-state index in [1.807, 2.05) is 0 Å². The first-order valence-corrected chi connectivity index (χ1v) is 3.08. The Morgan fingerprint density at radius 1 is 1.38 bits per heavy atom. The molecule has 0 aromatic carbocycles. The zero-order valence-corrected chi connectivity index (χ0v) is 4.93. The number of aliphatic hydroxyl groups is 1. The zero-order chi connectivity index (χ0) is 5.98. The van der Waals surface area contributed by atoms with Gasteiger partial charge in [0.25, 0.3) is 0 Å². The molecular formula is C6H12NO. The zero-order valence-electron chi connectivity index (χ0n) is 4.93. The fourth-order valence-corrected chi connectivity index (χ4v) is 0.973. The van der Waals surface area contributed by atoms with Crippen LogP contribution in [0.2, 0.25) is 0 Å². The summed E-state index contributed by atoms with van der Waals surface area (Å²) in [6, 6.07) is 0.339. The van der Waals surface area contributed by atoms with E-state index in [4.69, 9.17) is 10.8 Å². The van der Waals surface area contributed by atoms with Crippen LogP contribution in [0, 0.1) is 6.10 Å². The lowest BCUT2D eigenvalue weighted by molar-refractivity contribution is 0.228. The summed E-state index contributed by atoms with van der Waals surface area (Å²) in [5.41, 5.74) is 5.57. The highest BCUT2D eigenvalue weighted by atomic mass is 16.3. The van der Waals surface area contributed by atoms with Gasteiger partial charge >= 0.3 is 0 Å². The number of nitrogens with two attached hydrogens (primary N) is 1. The summed E-state index contributed by atoms with van der Waals surface area (Å²) in [5.74, 6) is 0. The average Bonchev–Trinajstić information content (AvgIpc) is 1.77. The van der Waals surface area contributed by atoms with Crippen molar-refractivity contribution in [2.24, 2.45) is 5.73 Å². The SMILES string of the molecule is NC1CC[C](O)CC1. The predicted octanol–water partition coefficient (Wildman–Crippen LogP) is 0.792. The third-order valence-electron chi connectivity index (χ3n) is 1.61. The highest BCUT2D eigenvalue weighted by molar-refractivity contribution is 4.84. The van der Waals surface area contributed by atoms with Gasteiger partial charge in [-0.15, -0.1) is 0 Å². The maximum atomic E-state index is 8.89. The molecule has 0 unspecified atom stereocenters. The first-order chi connectivity index (χ1) is 3.79. The maximum Gasteiger partial charge on any atom is 0.0934 e. The highest BCUT2D eigenvalue weighted by Gasteiger charge is 2.15. The van der Waals surface area contributed by atoms with Gasteiger partial charge in [-0.3, -0.25) is 0 Å². The first kappa shape index (κ1) is 6.05. The van der Waals surface area contributed by atoms with Crippen LogP contribution in [0.1, 0.15) is 25.7 Å². The monoisotopic (exact) mass is 114 g/mol. The largest absolute Gasteiger partial charge is 0.387 e. The predicted molar refractivity (Wildman–Crippen MR) is 31.6 cm³/mol. The van der Waals surface area contributed by atoms with Crippen LogP contribution >= 0.6 is 0 Å². The van der Waals surface area contributed by atoms with Crippen LogP contribution in [0.3, 0.4) is 0 Å². The van der Waals surface area contributed by atoms with E-state index < -0.39 is 0 Å². The summed E-state index contributed by atoms with van der Waals surface area (Å²) in [6.45, 7) is 0. The van der Waals surface area contributed by atoms with Crippen molar-refractivity contribution in [2.45, 2.75) is 31.7 Å². The summed E-state index contributed by atoms with van der Waals surface area (Å²) >= 11 is 0. The van der Waals surface area contributed by atoms with Crippen molar-refractivity contribution in [2.75, 3.05) is 0 Å². The fourth-order valence-electron chi connectivity index (χ4n) is 0.973. The lowest BCUT2D eigenvalue weighted by Crippen LogP contribution is -2.25. The minimum atomic E-state index is 0.339. The third kappa shape index (κ3) is 1.46. The van der Waals surface area contributed by atoms with Crippen molar-refractivity contribution < 1.29 is 5.11 Å². The molecule has 2 nitrogen and oxygen atoms in total. The molecule has 1 radical (unpaired) electrons. The topological polar surface area (TPSA) is 46.2 Å². The van der Waals surface area contributed by atoms with E-state index in [2.05, 4.69) is 0 Å². The van der Waals surface area contributed by atoms with Crippen LogP contribution in [0.25, 0.3) is 0 Å². The molecule has 0 atom stereocenters. The Bertz CT molecular complexity index is 56.9. The molecule has 0 aromatic heterocycles. The van der Waals surface area contributed by atoms with E-state index in [-0.39, 0.29) is 0 Å². The van der Waals surface area contributed by atoms with E-state index in [1.165, 1.54) is 0 Å². The van der Waals surface area contributed by atoms with Crippen molar-refractivity contribution in [3.8, 4) is 0 Å². The van der Waals surface area contributed by atoms with Crippen molar-refractivity contribution in [1.29, 1.82) is 0 Å². The molecule has 0 heterocycles. The molecule has 8 heavy (non-hydrogen) atoms. The third-order valence-corrected chi connectivity index (χ3v) is 1.61. The molecule has 1 aliphatic carbocycles. The van der Waals surface area contributed by atoms with Crippen LogP contribution in [-0.4, -0.2) is 11.1 Å². The van der Waals surface area contributed by atoms with E-state index in [0.717, 1.165) is 25.7 Å². The molecule has 3 N–H and O–H groups in total. The first-order valence-electron chi connectivity index (χ1n) is 3.08. The number of hydrogen-bond donors (Lipinski definition) is 2. The van der Waals surface area contributed by atoms with E-state index in [9.17, 15) is 0 Å². The molecule has 2 heteroatoms. The number of hydrogen-bond acceptors (Lipinski definition) is 2. The van der Waals surface area contributed by atoms with Crippen LogP contribution in [0.5, 0.6) is 0 Å². The van der Waals surface area contributed by atoms with Crippen molar-refractivity contribution in [3.63, 3.8) is 0 Å². The van der Waals surface area contributed by atoms with Gasteiger partial charge in [-0.1, -0.05) is 0 Å². The summed E-state index contributed by atoms with van der Waals surface area (Å²) in [7, 11) is 0. The maximum absolute atomic E-state index is 8.89. The average molecular weight is 114 g/mol. The lowest BCUT2D eigenvalue weighted by Gasteiger charge is -2.20. The quantitative estimate of drug-likeness (QED) is 0.489. The van der Waals surface area contributed by atoms with Gasteiger partial charge in [0.1, 0.15) is 0 Å². The van der Waals surface area contributed by atoms with E-state index in [1.54, 1.807) is 0 Å². The molecule has 0 saturated heterocycles. The Morgan fingerprint density at radius 2 is 1.88 bits per heavy atom. The Hall–Kier alpha value is -0.0800. The lowest BCUT2D eigenvalue weighted by atomic mass is 9.94.